The van der Waals surface area contributed by atoms with E-state index in [0.29, 0.717) is 24.7 Å². The highest BCUT2D eigenvalue weighted by atomic mass is 19.1. The summed E-state index contributed by atoms with van der Waals surface area (Å²) < 4.78 is 13.2. The number of halogens is 1. The van der Waals surface area contributed by atoms with Crippen LogP contribution in [0.5, 0.6) is 0 Å². The monoisotopic (exact) mass is 437 g/mol. The maximum Gasteiger partial charge on any atom is 0.246 e. The molecule has 2 aliphatic rings. The Morgan fingerprint density at radius 2 is 1.47 bits per heavy atom. The van der Waals surface area contributed by atoms with Crippen LogP contribution in [0.1, 0.15) is 50.1 Å². The van der Waals surface area contributed by atoms with Gasteiger partial charge in [0.2, 0.25) is 11.8 Å². The van der Waals surface area contributed by atoms with Crippen LogP contribution in [-0.2, 0) is 9.59 Å². The topological polar surface area (TPSA) is 52.7 Å². The number of amides is 2. The van der Waals surface area contributed by atoms with Crippen LogP contribution < -0.4 is 5.32 Å². The first kappa shape index (κ1) is 22.5. The Balaban J connectivity index is 1.43. The van der Waals surface area contributed by atoms with Gasteiger partial charge in [0.1, 0.15) is 11.9 Å². The largest absolute Gasteiger partial charge is 0.342 e. The summed E-state index contributed by atoms with van der Waals surface area (Å²) in [5.41, 5.74) is 1.49. The Kier molecular flexibility index (Phi) is 7.53. The van der Waals surface area contributed by atoms with Crippen molar-refractivity contribution in [3.8, 4) is 0 Å². The smallest absolute Gasteiger partial charge is 0.246 e. The van der Waals surface area contributed by atoms with E-state index >= 15 is 0 Å². The number of rotatable bonds is 5. The van der Waals surface area contributed by atoms with Gasteiger partial charge in [-0.3, -0.25) is 14.5 Å². The molecular weight excluding hydrogens is 405 g/mol. The van der Waals surface area contributed by atoms with Gasteiger partial charge in [-0.1, -0.05) is 43.2 Å². The van der Waals surface area contributed by atoms with E-state index in [1.54, 1.807) is 12.1 Å². The van der Waals surface area contributed by atoms with Gasteiger partial charge in [0.25, 0.3) is 0 Å². The number of piperidine rings is 1. The second kappa shape index (κ2) is 10.7. The van der Waals surface area contributed by atoms with Crippen molar-refractivity contribution in [3.63, 3.8) is 0 Å². The van der Waals surface area contributed by atoms with Gasteiger partial charge >= 0.3 is 0 Å². The molecule has 5 nitrogen and oxygen atoms in total. The van der Waals surface area contributed by atoms with Crippen molar-refractivity contribution in [2.45, 2.75) is 44.6 Å². The molecule has 0 saturated carbocycles. The minimum absolute atomic E-state index is 0.0425. The van der Waals surface area contributed by atoms with Crippen LogP contribution in [0.25, 0.3) is 0 Å². The molecule has 4 rings (SSSR count). The van der Waals surface area contributed by atoms with Crippen LogP contribution in [0.15, 0.2) is 54.6 Å². The summed E-state index contributed by atoms with van der Waals surface area (Å²) in [6.07, 6.45) is 6.16. The van der Waals surface area contributed by atoms with Gasteiger partial charge in [-0.2, -0.15) is 0 Å². The zero-order valence-electron chi connectivity index (χ0n) is 18.5. The lowest BCUT2D eigenvalue weighted by Gasteiger charge is -2.38. The molecule has 0 unspecified atom stereocenters. The predicted molar refractivity (Wildman–Crippen MR) is 124 cm³/mol. The summed E-state index contributed by atoms with van der Waals surface area (Å²) >= 11 is 0. The number of anilines is 1. The molecule has 2 amide bonds. The maximum atomic E-state index is 13.3. The van der Waals surface area contributed by atoms with Crippen molar-refractivity contribution < 1.29 is 14.0 Å². The third-order valence-corrected chi connectivity index (χ3v) is 6.64. The van der Waals surface area contributed by atoms with E-state index in [4.69, 9.17) is 0 Å². The summed E-state index contributed by atoms with van der Waals surface area (Å²) in [4.78, 5) is 30.6. The molecule has 170 valence electrons. The van der Waals surface area contributed by atoms with Crippen LogP contribution >= 0.6 is 0 Å². The van der Waals surface area contributed by atoms with E-state index in [-0.39, 0.29) is 17.6 Å². The van der Waals surface area contributed by atoms with Crippen molar-refractivity contribution in [1.29, 1.82) is 0 Å². The second-order valence-electron chi connectivity index (χ2n) is 8.86. The summed E-state index contributed by atoms with van der Waals surface area (Å²) in [7, 11) is 0. The normalized spacial score (nSPS) is 19.2. The molecule has 6 heteroatoms. The second-order valence-corrected chi connectivity index (χ2v) is 8.86. The standard InChI is InChI=1S/C26H32FN3O2/c27-22-10-12-23(13-11-22)28-25(31)24(20-8-4-3-5-9-20)29-18-14-21(15-19-29)26(32)30-16-6-1-2-7-17-30/h3-5,8-13,21,24H,1-2,6-7,14-19H2,(H,28,31)/t24-/m0/s1. The molecule has 1 atom stereocenters. The lowest BCUT2D eigenvalue weighted by molar-refractivity contribution is -0.137. The molecule has 1 N–H and O–H groups in total. The van der Waals surface area contributed by atoms with Gasteiger partial charge in [0.15, 0.2) is 0 Å². The number of carbonyl (C=O) groups is 2. The van der Waals surface area contributed by atoms with Crippen molar-refractivity contribution in [2.75, 3.05) is 31.5 Å². The van der Waals surface area contributed by atoms with E-state index in [1.807, 2.05) is 30.3 Å². The Morgan fingerprint density at radius 1 is 0.844 bits per heavy atom. The zero-order chi connectivity index (χ0) is 22.3. The molecule has 0 aliphatic carbocycles. The minimum Gasteiger partial charge on any atom is -0.342 e. The van der Waals surface area contributed by atoms with Crippen LogP contribution in [-0.4, -0.2) is 47.8 Å². The molecule has 2 saturated heterocycles. The highest BCUT2D eigenvalue weighted by molar-refractivity contribution is 5.95. The Labute approximate surface area is 189 Å². The number of benzene rings is 2. The van der Waals surface area contributed by atoms with Crippen LogP contribution in [0, 0.1) is 11.7 Å². The Bertz CT molecular complexity index is 887. The van der Waals surface area contributed by atoms with E-state index in [0.717, 1.165) is 44.3 Å². The molecule has 2 aromatic carbocycles. The zero-order valence-corrected chi connectivity index (χ0v) is 18.5. The van der Waals surface area contributed by atoms with Crippen molar-refractivity contribution in [3.05, 3.63) is 66.0 Å². The first-order valence-electron chi connectivity index (χ1n) is 11.8. The molecule has 2 fully saturated rings. The first-order valence-corrected chi connectivity index (χ1v) is 11.8. The van der Waals surface area contributed by atoms with Gasteiger partial charge in [0, 0.05) is 24.7 Å². The summed E-state index contributed by atoms with van der Waals surface area (Å²) in [5, 5.41) is 2.94. The average Bonchev–Trinajstić information content (AvgIpc) is 3.11. The highest BCUT2D eigenvalue weighted by Gasteiger charge is 2.34. The molecule has 2 aliphatic heterocycles. The van der Waals surface area contributed by atoms with Crippen molar-refractivity contribution in [2.24, 2.45) is 5.92 Å². The molecule has 2 heterocycles. The Morgan fingerprint density at radius 3 is 2.09 bits per heavy atom. The lowest BCUT2D eigenvalue weighted by atomic mass is 9.92. The number of carbonyl (C=O) groups excluding carboxylic acids is 2. The molecule has 2 aromatic rings. The first-order chi connectivity index (χ1) is 15.6. The summed E-state index contributed by atoms with van der Waals surface area (Å²) in [6.45, 7) is 3.15. The van der Waals surface area contributed by atoms with Crippen molar-refractivity contribution in [1.82, 2.24) is 9.80 Å². The molecule has 0 bridgehead atoms. The third kappa shape index (κ3) is 5.54. The number of hydrogen-bond acceptors (Lipinski definition) is 3. The highest BCUT2D eigenvalue weighted by Crippen LogP contribution is 2.29. The van der Waals surface area contributed by atoms with Gasteiger partial charge in [-0.25, -0.2) is 4.39 Å². The van der Waals surface area contributed by atoms with Gasteiger partial charge in [0.05, 0.1) is 0 Å². The lowest BCUT2D eigenvalue weighted by Crippen LogP contribution is -2.46. The fourth-order valence-corrected chi connectivity index (χ4v) is 4.86. The van der Waals surface area contributed by atoms with Gasteiger partial charge in [-0.05, 0) is 68.6 Å². The van der Waals surface area contributed by atoms with E-state index in [1.165, 1.54) is 25.0 Å². The van der Waals surface area contributed by atoms with Crippen LogP contribution in [0.3, 0.4) is 0 Å². The van der Waals surface area contributed by atoms with E-state index in [2.05, 4.69) is 15.1 Å². The van der Waals surface area contributed by atoms with Crippen LogP contribution in [0.4, 0.5) is 10.1 Å². The molecular formula is C26H32FN3O2. The van der Waals surface area contributed by atoms with E-state index < -0.39 is 6.04 Å². The number of nitrogens with one attached hydrogen (secondary N) is 1. The maximum absolute atomic E-state index is 13.3. The SMILES string of the molecule is O=C(Nc1ccc(F)cc1)[C@H](c1ccccc1)N1CCC(C(=O)N2CCCCCC2)CC1. The van der Waals surface area contributed by atoms with E-state index in [9.17, 15) is 14.0 Å². The molecule has 0 radical (unpaired) electrons. The number of hydrogen-bond donors (Lipinski definition) is 1. The van der Waals surface area contributed by atoms with Gasteiger partial charge in [-0.15, -0.1) is 0 Å². The summed E-state index contributed by atoms with van der Waals surface area (Å²) in [5.74, 6) is -0.140. The molecule has 0 aromatic heterocycles. The predicted octanol–water partition coefficient (Wildman–Crippen LogP) is 4.62. The third-order valence-electron chi connectivity index (χ3n) is 6.64. The van der Waals surface area contributed by atoms with Crippen molar-refractivity contribution >= 4 is 17.5 Å². The number of nitrogens with zero attached hydrogens (tertiary/aromatic N) is 2. The van der Waals surface area contributed by atoms with Gasteiger partial charge < -0.3 is 10.2 Å². The fraction of sp³-hybridized carbons (Fsp3) is 0.462. The average molecular weight is 438 g/mol. The molecule has 32 heavy (non-hydrogen) atoms. The number of likely N-dealkylation sites (tertiary alicyclic amines) is 2. The fourth-order valence-electron chi connectivity index (χ4n) is 4.86. The Hall–Kier alpha value is -2.73. The quantitative estimate of drug-likeness (QED) is 0.743. The minimum atomic E-state index is -0.449. The summed E-state index contributed by atoms with van der Waals surface area (Å²) in [6, 6.07) is 15.1. The van der Waals surface area contributed by atoms with Crippen LogP contribution in [0.2, 0.25) is 0 Å². The molecule has 0 spiro atoms.